The molecule has 0 radical (unpaired) electrons. The van der Waals surface area contributed by atoms with E-state index in [1.807, 2.05) is 6.92 Å². The van der Waals surface area contributed by atoms with Crippen LogP contribution in [0.2, 0.25) is 0 Å². The highest BCUT2D eigenvalue weighted by molar-refractivity contribution is 5.90. The van der Waals surface area contributed by atoms with Crippen molar-refractivity contribution in [2.24, 2.45) is 0 Å². The Hall–Kier alpha value is -1.06. The molecule has 0 saturated carbocycles. The van der Waals surface area contributed by atoms with Gasteiger partial charge < -0.3 is 4.74 Å². The largest absolute Gasteiger partial charge is 0.450 e. The van der Waals surface area contributed by atoms with Crippen LogP contribution in [0.4, 0.5) is 4.79 Å². The lowest BCUT2D eigenvalue weighted by Gasteiger charge is -2.23. The third kappa shape index (κ3) is 1.82. The minimum Gasteiger partial charge on any atom is -0.450 e. The van der Waals surface area contributed by atoms with E-state index in [-0.39, 0.29) is 24.0 Å². The molecule has 1 aliphatic heterocycles. The molecule has 0 spiro atoms. The van der Waals surface area contributed by atoms with E-state index in [1.165, 1.54) is 4.90 Å². The molecule has 1 fully saturated rings. The fourth-order valence-corrected chi connectivity index (χ4v) is 1.63. The van der Waals surface area contributed by atoms with Gasteiger partial charge in [0, 0.05) is 12.5 Å². The minimum atomic E-state index is -0.381. The predicted molar refractivity (Wildman–Crippen MR) is 47.4 cm³/mol. The van der Waals surface area contributed by atoms with Crippen LogP contribution in [0.3, 0.4) is 0 Å². The van der Waals surface area contributed by atoms with Gasteiger partial charge in [0.05, 0.1) is 12.6 Å². The number of carbonyl (C=O) groups excluding carboxylic acids is 2. The van der Waals surface area contributed by atoms with E-state index in [0.29, 0.717) is 13.0 Å². The molecule has 1 amide bonds. The molecular weight excluding hydrogens is 170 g/mol. The molecule has 74 valence electrons. The van der Waals surface area contributed by atoms with Crippen LogP contribution in [-0.4, -0.2) is 35.5 Å². The van der Waals surface area contributed by atoms with E-state index in [0.717, 1.165) is 0 Å². The Labute approximate surface area is 77.8 Å². The van der Waals surface area contributed by atoms with Crippen LogP contribution in [0.5, 0.6) is 0 Å². The van der Waals surface area contributed by atoms with Crippen LogP contribution >= 0.6 is 0 Å². The number of ketones is 1. The topological polar surface area (TPSA) is 46.6 Å². The van der Waals surface area contributed by atoms with Crippen LogP contribution in [0.15, 0.2) is 0 Å². The molecule has 0 aromatic carbocycles. The Kier molecular flexibility index (Phi) is 2.90. The van der Waals surface area contributed by atoms with Crippen molar-refractivity contribution in [3.63, 3.8) is 0 Å². The summed E-state index contributed by atoms with van der Waals surface area (Å²) in [5.41, 5.74) is 0. The summed E-state index contributed by atoms with van der Waals surface area (Å²) in [6.45, 7) is 5.70. The first-order chi connectivity index (χ1) is 6.07. The lowest BCUT2D eigenvalue weighted by atomic mass is 10.2. The molecule has 0 N–H and O–H groups in total. The second-order valence-corrected chi connectivity index (χ2v) is 3.30. The molecule has 0 aromatic rings. The van der Waals surface area contributed by atoms with Gasteiger partial charge in [0.2, 0.25) is 0 Å². The highest BCUT2D eigenvalue weighted by Crippen LogP contribution is 2.21. The quantitative estimate of drug-likeness (QED) is 0.616. The predicted octanol–water partition coefficient (Wildman–Crippen LogP) is 1.19. The zero-order valence-corrected chi connectivity index (χ0v) is 8.24. The molecule has 1 saturated heterocycles. The Morgan fingerprint density at radius 3 is 2.62 bits per heavy atom. The normalized spacial score (nSPS) is 27.9. The third-order valence-electron chi connectivity index (χ3n) is 2.33. The molecule has 2 atom stereocenters. The Morgan fingerprint density at radius 1 is 1.62 bits per heavy atom. The number of nitrogens with zero attached hydrogens (tertiary/aromatic N) is 1. The second-order valence-electron chi connectivity index (χ2n) is 3.30. The van der Waals surface area contributed by atoms with E-state index >= 15 is 0 Å². The van der Waals surface area contributed by atoms with Crippen LogP contribution in [-0.2, 0) is 9.53 Å². The molecule has 1 heterocycles. The molecule has 0 aliphatic carbocycles. The molecule has 0 bridgehead atoms. The van der Waals surface area contributed by atoms with Crippen molar-refractivity contribution < 1.29 is 14.3 Å². The van der Waals surface area contributed by atoms with Crippen molar-refractivity contribution in [3.8, 4) is 0 Å². The first kappa shape index (κ1) is 10.0. The van der Waals surface area contributed by atoms with Crippen LogP contribution in [0.1, 0.15) is 27.2 Å². The van der Waals surface area contributed by atoms with Gasteiger partial charge in [-0.25, -0.2) is 4.79 Å². The minimum absolute atomic E-state index is 0.0263. The van der Waals surface area contributed by atoms with Gasteiger partial charge in [-0.15, -0.1) is 0 Å². The standard InChI is InChI=1S/C9H15NO3/c1-4-13-9(12)10-6(2)5-8(11)7(10)3/h6-7H,4-5H2,1-3H3. The smallest absolute Gasteiger partial charge is 0.410 e. The van der Waals surface area contributed by atoms with Gasteiger partial charge in [0.25, 0.3) is 0 Å². The average Bonchev–Trinajstić information content (AvgIpc) is 2.27. The molecule has 1 rings (SSSR count). The van der Waals surface area contributed by atoms with E-state index in [2.05, 4.69) is 0 Å². The summed E-state index contributed by atoms with van der Waals surface area (Å²) in [4.78, 5) is 24.1. The van der Waals surface area contributed by atoms with E-state index < -0.39 is 0 Å². The van der Waals surface area contributed by atoms with Crippen molar-refractivity contribution in [2.45, 2.75) is 39.3 Å². The number of rotatable bonds is 1. The van der Waals surface area contributed by atoms with Crippen LogP contribution in [0, 0.1) is 0 Å². The zero-order chi connectivity index (χ0) is 10.0. The van der Waals surface area contributed by atoms with Gasteiger partial charge in [-0.2, -0.15) is 0 Å². The van der Waals surface area contributed by atoms with E-state index in [1.54, 1.807) is 13.8 Å². The summed E-state index contributed by atoms with van der Waals surface area (Å²) in [7, 11) is 0. The molecule has 1 aliphatic rings. The number of Topliss-reactive ketones (excluding diaryl/α,β-unsaturated/α-hetero) is 1. The Morgan fingerprint density at radius 2 is 2.23 bits per heavy atom. The van der Waals surface area contributed by atoms with Crippen LogP contribution in [0.25, 0.3) is 0 Å². The summed E-state index contributed by atoms with van der Waals surface area (Å²) in [5, 5.41) is 0. The number of likely N-dealkylation sites (tertiary alicyclic amines) is 1. The maximum absolute atomic E-state index is 11.4. The average molecular weight is 185 g/mol. The molecule has 2 unspecified atom stereocenters. The monoisotopic (exact) mass is 185 g/mol. The molecule has 4 nitrogen and oxygen atoms in total. The fraction of sp³-hybridized carbons (Fsp3) is 0.778. The summed E-state index contributed by atoms with van der Waals surface area (Å²) in [5.74, 6) is 0.112. The maximum atomic E-state index is 11.4. The first-order valence-electron chi connectivity index (χ1n) is 4.55. The van der Waals surface area contributed by atoms with Crippen LogP contribution < -0.4 is 0 Å². The zero-order valence-electron chi connectivity index (χ0n) is 8.24. The number of hydrogen-bond donors (Lipinski definition) is 0. The number of carbonyl (C=O) groups is 2. The third-order valence-corrected chi connectivity index (χ3v) is 2.33. The maximum Gasteiger partial charge on any atom is 0.410 e. The van der Waals surface area contributed by atoms with Crippen molar-refractivity contribution >= 4 is 11.9 Å². The lowest BCUT2D eigenvalue weighted by Crippen LogP contribution is -2.40. The second kappa shape index (κ2) is 3.77. The highest BCUT2D eigenvalue weighted by Gasteiger charge is 2.38. The summed E-state index contributed by atoms with van der Waals surface area (Å²) >= 11 is 0. The Balaban J connectivity index is 2.68. The molecule has 0 aromatic heterocycles. The summed E-state index contributed by atoms with van der Waals surface area (Å²) in [6.07, 6.45) is 0.0633. The van der Waals surface area contributed by atoms with Gasteiger partial charge in [-0.05, 0) is 20.8 Å². The van der Waals surface area contributed by atoms with Crippen molar-refractivity contribution in [2.75, 3.05) is 6.61 Å². The first-order valence-corrected chi connectivity index (χ1v) is 4.55. The number of ether oxygens (including phenoxy) is 1. The fourth-order valence-electron chi connectivity index (χ4n) is 1.63. The van der Waals surface area contributed by atoms with E-state index in [9.17, 15) is 9.59 Å². The SMILES string of the molecule is CCOC(=O)N1C(C)CC(=O)C1C. The molecular formula is C9H15NO3. The molecule has 4 heteroatoms. The number of amides is 1. The summed E-state index contributed by atoms with van der Waals surface area (Å²) in [6, 6.07) is -0.351. The van der Waals surface area contributed by atoms with Gasteiger partial charge in [-0.1, -0.05) is 0 Å². The van der Waals surface area contributed by atoms with Crippen molar-refractivity contribution in [1.29, 1.82) is 0 Å². The lowest BCUT2D eigenvalue weighted by molar-refractivity contribution is -0.119. The van der Waals surface area contributed by atoms with Gasteiger partial charge in [-0.3, -0.25) is 9.69 Å². The van der Waals surface area contributed by atoms with Gasteiger partial charge >= 0.3 is 6.09 Å². The van der Waals surface area contributed by atoms with Crippen molar-refractivity contribution in [3.05, 3.63) is 0 Å². The molecule has 13 heavy (non-hydrogen) atoms. The highest BCUT2D eigenvalue weighted by atomic mass is 16.6. The van der Waals surface area contributed by atoms with Gasteiger partial charge in [0.1, 0.15) is 0 Å². The number of hydrogen-bond acceptors (Lipinski definition) is 3. The Bertz CT molecular complexity index is 227. The van der Waals surface area contributed by atoms with Gasteiger partial charge in [0.15, 0.2) is 5.78 Å². The van der Waals surface area contributed by atoms with Crippen molar-refractivity contribution in [1.82, 2.24) is 4.90 Å². The van der Waals surface area contributed by atoms with E-state index in [4.69, 9.17) is 4.74 Å². The summed E-state index contributed by atoms with van der Waals surface area (Å²) < 4.78 is 4.85.